The van der Waals surface area contributed by atoms with E-state index in [1.807, 2.05) is 43.5 Å². The predicted molar refractivity (Wildman–Crippen MR) is 110 cm³/mol. The van der Waals surface area contributed by atoms with Crippen LogP contribution in [0.3, 0.4) is 0 Å². The van der Waals surface area contributed by atoms with E-state index in [1.54, 1.807) is 23.9 Å². The minimum Gasteiger partial charge on any atom is -0.493 e. The quantitative estimate of drug-likeness (QED) is 0.511. The fourth-order valence-corrected chi connectivity index (χ4v) is 3.16. The largest absolute Gasteiger partial charge is 0.493 e. The maximum Gasteiger partial charge on any atom is 0.269 e. The molecule has 0 aromatic heterocycles. The molecule has 2 aromatic carbocycles. The highest BCUT2D eigenvalue weighted by atomic mass is 35.5. The van der Waals surface area contributed by atoms with Crippen molar-refractivity contribution < 1.29 is 14.3 Å². The number of thioether (sulfide) groups is 1. The number of hydrazine groups is 1. The topological polar surface area (TPSA) is 67.4 Å². The SMILES string of the molecule is CSCc1cccc(C(=O)NNC(=O)CCCOc2ccc(Cl)cc2C)c1. The molecule has 0 saturated heterocycles. The van der Waals surface area contributed by atoms with E-state index in [0.29, 0.717) is 23.6 Å². The van der Waals surface area contributed by atoms with Crippen LogP contribution in [0.25, 0.3) is 0 Å². The number of hydrogen-bond acceptors (Lipinski definition) is 4. The minimum absolute atomic E-state index is 0.249. The van der Waals surface area contributed by atoms with Crippen molar-refractivity contribution in [3.05, 3.63) is 64.2 Å². The summed E-state index contributed by atoms with van der Waals surface area (Å²) in [5, 5.41) is 0.661. The lowest BCUT2D eigenvalue weighted by atomic mass is 10.1. The summed E-state index contributed by atoms with van der Waals surface area (Å²) in [6.45, 7) is 2.32. The first-order chi connectivity index (χ1) is 13.0. The number of amides is 2. The summed E-state index contributed by atoms with van der Waals surface area (Å²) in [6.07, 6.45) is 2.79. The molecule has 2 aromatic rings. The number of carbonyl (C=O) groups is 2. The number of hydrogen-bond donors (Lipinski definition) is 2. The van der Waals surface area contributed by atoms with Gasteiger partial charge in [0.05, 0.1) is 6.61 Å². The first-order valence-corrected chi connectivity index (χ1v) is 10.3. The third kappa shape index (κ3) is 7.15. The third-order valence-electron chi connectivity index (χ3n) is 3.76. The maximum absolute atomic E-state index is 12.1. The molecule has 0 heterocycles. The normalized spacial score (nSPS) is 10.3. The molecular formula is C20H23ClN2O3S. The van der Waals surface area contributed by atoms with Crippen LogP contribution >= 0.6 is 23.4 Å². The van der Waals surface area contributed by atoms with Gasteiger partial charge >= 0.3 is 0 Å². The molecule has 27 heavy (non-hydrogen) atoms. The lowest BCUT2D eigenvalue weighted by molar-refractivity contribution is -0.122. The van der Waals surface area contributed by atoms with Crippen LogP contribution in [-0.2, 0) is 10.5 Å². The smallest absolute Gasteiger partial charge is 0.269 e. The van der Waals surface area contributed by atoms with Gasteiger partial charge < -0.3 is 4.74 Å². The summed E-state index contributed by atoms with van der Waals surface area (Å²) in [5.74, 6) is 0.984. The number of benzene rings is 2. The zero-order chi connectivity index (χ0) is 19.6. The predicted octanol–water partition coefficient (Wildman–Crippen LogP) is 4.13. The van der Waals surface area contributed by atoms with Crippen molar-refractivity contribution in [3.8, 4) is 5.75 Å². The van der Waals surface area contributed by atoms with E-state index in [-0.39, 0.29) is 18.2 Å². The molecule has 7 heteroatoms. The van der Waals surface area contributed by atoms with E-state index in [1.165, 1.54) is 0 Å². The molecule has 0 aliphatic rings. The first kappa shape index (κ1) is 21.1. The van der Waals surface area contributed by atoms with Crippen molar-refractivity contribution in [2.24, 2.45) is 0 Å². The fraction of sp³-hybridized carbons (Fsp3) is 0.300. The lowest BCUT2D eigenvalue weighted by Gasteiger charge is -2.10. The fourth-order valence-electron chi connectivity index (χ4n) is 2.42. The van der Waals surface area contributed by atoms with Crippen molar-refractivity contribution in [2.45, 2.75) is 25.5 Å². The Morgan fingerprint density at radius 1 is 1.15 bits per heavy atom. The highest BCUT2D eigenvalue weighted by Crippen LogP contribution is 2.21. The maximum atomic E-state index is 12.1. The lowest BCUT2D eigenvalue weighted by Crippen LogP contribution is -2.41. The number of aryl methyl sites for hydroxylation is 1. The van der Waals surface area contributed by atoms with E-state index in [2.05, 4.69) is 10.9 Å². The summed E-state index contributed by atoms with van der Waals surface area (Å²) in [7, 11) is 0. The summed E-state index contributed by atoms with van der Waals surface area (Å²) >= 11 is 7.59. The highest BCUT2D eigenvalue weighted by molar-refractivity contribution is 7.97. The van der Waals surface area contributed by atoms with Crippen LogP contribution in [0.2, 0.25) is 5.02 Å². The Balaban J connectivity index is 1.69. The molecule has 2 rings (SSSR count). The van der Waals surface area contributed by atoms with Crippen molar-refractivity contribution in [1.29, 1.82) is 0 Å². The molecule has 0 spiro atoms. The Hall–Kier alpha value is -2.18. The third-order valence-corrected chi connectivity index (χ3v) is 4.62. The van der Waals surface area contributed by atoms with Crippen LogP contribution in [0, 0.1) is 6.92 Å². The number of ether oxygens (including phenoxy) is 1. The summed E-state index contributed by atoms with van der Waals surface area (Å²) in [4.78, 5) is 24.0. The molecule has 144 valence electrons. The second-order valence-corrected chi connectivity index (χ2v) is 7.30. The summed E-state index contributed by atoms with van der Waals surface area (Å²) < 4.78 is 5.65. The molecule has 5 nitrogen and oxygen atoms in total. The summed E-state index contributed by atoms with van der Waals surface area (Å²) in [6, 6.07) is 12.7. The number of nitrogens with one attached hydrogen (secondary N) is 2. The van der Waals surface area contributed by atoms with Gasteiger partial charge in [-0.05, 0) is 61.1 Å². The molecule has 0 bridgehead atoms. The van der Waals surface area contributed by atoms with Gasteiger partial charge in [0.15, 0.2) is 0 Å². The monoisotopic (exact) mass is 406 g/mol. The van der Waals surface area contributed by atoms with Crippen molar-refractivity contribution in [3.63, 3.8) is 0 Å². The molecule has 2 amide bonds. The van der Waals surface area contributed by atoms with Gasteiger partial charge in [-0.1, -0.05) is 23.7 Å². The van der Waals surface area contributed by atoms with Crippen LogP contribution in [0.4, 0.5) is 0 Å². The second kappa shape index (κ2) is 10.8. The Morgan fingerprint density at radius 2 is 1.96 bits per heavy atom. The van der Waals surface area contributed by atoms with E-state index < -0.39 is 0 Å². The highest BCUT2D eigenvalue weighted by Gasteiger charge is 2.08. The Morgan fingerprint density at radius 3 is 2.70 bits per heavy atom. The van der Waals surface area contributed by atoms with E-state index in [0.717, 1.165) is 22.6 Å². The molecule has 0 atom stereocenters. The number of rotatable bonds is 8. The zero-order valence-electron chi connectivity index (χ0n) is 15.4. The van der Waals surface area contributed by atoms with Crippen molar-refractivity contribution >= 4 is 35.2 Å². The first-order valence-electron chi connectivity index (χ1n) is 8.55. The minimum atomic E-state index is -0.334. The van der Waals surface area contributed by atoms with Gasteiger partial charge in [0.1, 0.15) is 5.75 Å². The molecule has 0 fully saturated rings. The van der Waals surface area contributed by atoms with Gasteiger partial charge in [0, 0.05) is 22.8 Å². The molecular weight excluding hydrogens is 384 g/mol. The Labute approximate surface area is 168 Å². The van der Waals surface area contributed by atoms with Crippen LogP contribution in [0.1, 0.15) is 34.3 Å². The second-order valence-electron chi connectivity index (χ2n) is 6.00. The molecule has 2 N–H and O–H groups in total. The van der Waals surface area contributed by atoms with Crippen LogP contribution < -0.4 is 15.6 Å². The Bertz CT molecular complexity index is 799. The van der Waals surface area contributed by atoms with Crippen molar-refractivity contribution in [2.75, 3.05) is 12.9 Å². The Kier molecular flexibility index (Phi) is 8.48. The zero-order valence-corrected chi connectivity index (χ0v) is 17.0. The molecule has 0 radical (unpaired) electrons. The summed E-state index contributed by atoms with van der Waals surface area (Å²) in [5.41, 5.74) is 7.40. The molecule has 0 unspecified atom stereocenters. The van der Waals surface area contributed by atoms with Crippen LogP contribution in [-0.4, -0.2) is 24.7 Å². The van der Waals surface area contributed by atoms with E-state index in [9.17, 15) is 9.59 Å². The van der Waals surface area contributed by atoms with E-state index in [4.69, 9.17) is 16.3 Å². The molecule has 0 aliphatic heterocycles. The average Bonchev–Trinajstić information content (AvgIpc) is 2.65. The van der Waals surface area contributed by atoms with Gasteiger partial charge in [0.25, 0.3) is 5.91 Å². The van der Waals surface area contributed by atoms with Crippen molar-refractivity contribution in [1.82, 2.24) is 10.9 Å². The van der Waals surface area contributed by atoms with Gasteiger partial charge in [-0.3, -0.25) is 20.4 Å². The van der Waals surface area contributed by atoms with Crippen LogP contribution in [0.15, 0.2) is 42.5 Å². The van der Waals surface area contributed by atoms with E-state index >= 15 is 0 Å². The average molecular weight is 407 g/mol. The molecule has 0 aliphatic carbocycles. The van der Waals surface area contributed by atoms with Gasteiger partial charge in [0.2, 0.25) is 5.91 Å². The van der Waals surface area contributed by atoms with Crippen LogP contribution in [0.5, 0.6) is 5.75 Å². The standard InChI is InChI=1S/C20H23ClN2O3S/c1-14-11-17(21)8-9-18(14)26-10-4-7-19(24)22-23-20(25)16-6-3-5-15(12-16)13-27-2/h3,5-6,8-9,11-12H,4,7,10,13H2,1-2H3,(H,22,24)(H,23,25). The van der Waals surface area contributed by atoms with Gasteiger partial charge in [-0.2, -0.15) is 11.8 Å². The number of halogens is 1. The van der Waals surface area contributed by atoms with Gasteiger partial charge in [-0.25, -0.2) is 0 Å². The molecule has 0 saturated carbocycles. The van der Waals surface area contributed by atoms with Gasteiger partial charge in [-0.15, -0.1) is 0 Å². The number of carbonyl (C=O) groups excluding carboxylic acids is 2.